The van der Waals surface area contributed by atoms with Gasteiger partial charge in [-0.05, 0) is 25.3 Å². The van der Waals surface area contributed by atoms with Crippen LogP contribution in [0.25, 0.3) is 0 Å². The van der Waals surface area contributed by atoms with Crippen molar-refractivity contribution in [2.45, 2.75) is 51.5 Å². The van der Waals surface area contributed by atoms with Crippen LogP contribution in [0.1, 0.15) is 50.6 Å². The van der Waals surface area contributed by atoms with Crippen LogP contribution in [-0.2, 0) is 6.54 Å². The summed E-state index contributed by atoms with van der Waals surface area (Å²) in [6.45, 7) is 3.92. The fraction of sp³-hybridized carbons (Fsp3) is 0.786. The molecule has 0 saturated heterocycles. The SMILES string of the molecule is CCCn1nccc1[C@@H](CN)C1(CO)CCCC1. The average Bonchev–Trinajstić information content (AvgIpc) is 3.02. The molecule has 18 heavy (non-hydrogen) atoms. The molecule has 0 radical (unpaired) electrons. The van der Waals surface area contributed by atoms with Gasteiger partial charge < -0.3 is 10.8 Å². The highest BCUT2D eigenvalue weighted by Gasteiger charge is 2.42. The number of nitrogens with zero attached hydrogens (tertiary/aromatic N) is 2. The number of aliphatic hydroxyl groups is 1. The van der Waals surface area contributed by atoms with E-state index in [0.717, 1.165) is 25.8 Å². The van der Waals surface area contributed by atoms with Crippen molar-refractivity contribution in [3.05, 3.63) is 18.0 Å². The smallest absolute Gasteiger partial charge is 0.0494 e. The van der Waals surface area contributed by atoms with E-state index in [-0.39, 0.29) is 17.9 Å². The van der Waals surface area contributed by atoms with Gasteiger partial charge in [-0.2, -0.15) is 5.10 Å². The van der Waals surface area contributed by atoms with E-state index in [1.54, 1.807) is 0 Å². The predicted molar refractivity (Wildman–Crippen MR) is 72.3 cm³/mol. The Hall–Kier alpha value is -0.870. The number of aromatic nitrogens is 2. The van der Waals surface area contributed by atoms with Gasteiger partial charge in [0.05, 0.1) is 0 Å². The van der Waals surface area contributed by atoms with E-state index in [1.165, 1.54) is 18.5 Å². The van der Waals surface area contributed by atoms with E-state index in [9.17, 15) is 5.11 Å². The van der Waals surface area contributed by atoms with Crippen LogP contribution in [0.5, 0.6) is 0 Å². The molecule has 1 aromatic rings. The van der Waals surface area contributed by atoms with Crippen LogP contribution in [0.2, 0.25) is 0 Å². The zero-order valence-corrected chi connectivity index (χ0v) is 11.3. The van der Waals surface area contributed by atoms with E-state index in [4.69, 9.17) is 5.73 Å². The molecule has 1 aliphatic carbocycles. The molecular weight excluding hydrogens is 226 g/mol. The fourth-order valence-corrected chi connectivity index (χ4v) is 3.42. The molecule has 0 spiro atoms. The normalized spacial score (nSPS) is 20.2. The topological polar surface area (TPSA) is 64.1 Å². The van der Waals surface area contributed by atoms with Crippen LogP contribution in [0.4, 0.5) is 0 Å². The Morgan fingerprint density at radius 2 is 2.22 bits per heavy atom. The average molecular weight is 251 g/mol. The lowest BCUT2D eigenvalue weighted by atomic mass is 9.73. The second-order valence-electron chi connectivity index (χ2n) is 5.50. The number of aryl methyl sites for hydroxylation is 1. The van der Waals surface area contributed by atoms with Gasteiger partial charge in [0.25, 0.3) is 0 Å². The van der Waals surface area contributed by atoms with Crippen LogP contribution < -0.4 is 5.73 Å². The van der Waals surface area contributed by atoms with Crippen LogP contribution in [0, 0.1) is 5.41 Å². The second kappa shape index (κ2) is 5.85. The van der Waals surface area contributed by atoms with E-state index in [1.807, 2.05) is 6.20 Å². The molecule has 102 valence electrons. The first-order valence-electron chi connectivity index (χ1n) is 7.10. The molecule has 2 rings (SSSR count). The zero-order chi connectivity index (χ0) is 13.0. The minimum Gasteiger partial charge on any atom is -0.396 e. The highest BCUT2D eigenvalue weighted by Crippen LogP contribution is 2.48. The van der Waals surface area contributed by atoms with Gasteiger partial charge in [0.2, 0.25) is 0 Å². The van der Waals surface area contributed by atoms with E-state index < -0.39 is 0 Å². The lowest BCUT2D eigenvalue weighted by molar-refractivity contribution is 0.0990. The Morgan fingerprint density at radius 3 is 2.78 bits per heavy atom. The third-order valence-corrected chi connectivity index (χ3v) is 4.43. The standard InChI is InChI=1S/C14H25N3O/c1-2-9-17-13(5-8-16-17)12(10-15)14(11-18)6-3-4-7-14/h5,8,12,18H,2-4,6-7,9-11,15H2,1H3/t12-/m1/s1. The van der Waals surface area contributed by atoms with Gasteiger partial charge >= 0.3 is 0 Å². The van der Waals surface area contributed by atoms with Gasteiger partial charge in [0.15, 0.2) is 0 Å². The van der Waals surface area contributed by atoms with Crippen LogP contribution in [-0.4, -0.2) is 28.0 Å². The summed E-state index contributed by atoms with van der Waals surface area (Å²) in [7, 11) is 0. The summed E-state index contributed by atoms with van der Waals surface area (Å²) in [5.41, 5.74) is 7.21. The van der Waals surface area contributed by atoms with Crippen molar-refractivity contribution in [1.29, 1.82) is 0 Å². The summed E-state index contributed by atoms with van der Waals surface area (Å²) >= 11 is 0. The molecule has 1 atom stereocenters. The van der Waals surface area contributed by atoms with Gasteiger partial charge in [0, 0.05) is 42.9 Å². The molecule has 1 fully saturated rings. The third-order valence-electron chi connectivity index (χ3n) is 4.43. The van der Waals surface area contributed by atoms with Gasteiger partial charge in [-0.1, -0.05) is 19.8 Å². The summed E-state index contributed by atoms with van der Waals surface area (Å²) in [6.07, 6.45) is 7.51. The van der Waals surface area contributed by atoms with Gasteiger partial charge in [-0.3, -0.25) is 4.68 Å². The molecule has 4 nitrogen and oxygen atoms in total. The first kappa shape index (κ1) is 13.6. The Morgan fingerprint density at radius 1 is 1.50 bits per heavy atom. The molecule has 3 N–H and O–H groups in total. The molecular formula is C14H25N3O. The molecule has 1 saturated carbocycles. The Balaban J connectivity index is 2.29. The minimum absolute atomic E-state index is 0.0136. The molecule has 0 aromatic carbocycles. The molecule has 1 aromatic heterocycles. The van der Waals surface area contributed by atoms with Crippen molar-refractivity contribution in [3.63, 3.8) is 0 Å². The van der Waals surface area contributed by atoms with Crippen LogP contribution in [0.3, 0.4) is 0 Å². The first-order valence-corrected chi connectivity index (χ1v) is 7.10. The van der Waals surface area contributed by atoms with Crippen molar-refractivity contribution >= 4 is 0 Å². The Kier molecular flexibility index (Phi) is 4.40. The molecule has 0 unspecified atom stereocenters. The number of nitrogens with two attached hydrogens (primary N) is 1. The molecule has 0 aliphatic heterocycles. The second-order valence-corrected chi connectivity index (χ2v) is 5.50. The highest BCUT2D eigenvalue weighted by atomic mass is 16.3. The molecule has 1 heterocycles. The van der Waals surface area contributed by atoms with Crippen molar-refractivity contribution in [2.24, 2.45) is 11.1 Å². The summed E-state index contributed by atoms with van der Waals surface area (Å²) < 4.78 is 2.06. The summed E-state index contributed by atoms with van der Waals surface area (Å²) in [4.78, 5) is 0. The number of hydrogen-bond acceptors (Lipinski definition) is 3. The lowest BCUT2D eigenvalue weighted by Crippen LogP contribution is -2.36. The molecule has 0 bridgehead atoms. The van der Waals surface area contributed by atoms with Crippen molar-refractivity contribution in [3.8, 4) is 0 Å². The van der Waals surface area contributed by atoms with Crippen LogP contribution >= 0.6 is 0 Å². The zero-order valence-electron chi connectivity index (χ0n) is 11.3. The maximum Gasteiger partial charge on any atom is 0.0494 e. The van der Waals surface area contributed by atoms with Gasteiger partial charge in [-0.25, -0.2) is 0 Å². The van der Waals surface area contributed by atoms with Crippen molar-refractivity contribution in [1.82, 2.24) is 9.78 Å². The van der Waals surface area contributed by atoms with Gasteiger partial charge in [0.1, 0.15) is 0 Å². The molecule has 0 amide bonds. The fourth-order valence-electron chi connectivity index (χ4n) is 3.42. The predicted octanol–water partition coefficient (Wildman–Crippen LogP) is 1.89. The Bertz CT molecular complexity index is 369. The number of rotatable bonds is 6. The van der Waals surface area contributed by atoms with Crippen molar-refractivity contribution < 1.29 is 5.11 Å². The Labute approximate surface area is 109 Å². The maximum atomic E-state index is 9.85. The maximum absolute atomic E-state index is 9.85. The monoisotopic (exact) mass is 251 g/mol. The summed E-state index contributed by atoms with van der Waals surface area (Å²) in [5.74, 6) is 0.235. The quantitative estimate of drug-likeness (QED) is 0.811. The third kappa shape index (κ3) is 2.31. The highest BCUT2D eigenvalue weighted by molar-refractivity contribution is 5.15. The summed E-state index contributed by atoms with van der Waals surface area (Å²) in [5, 5.41) is 14.2. The first-order chi connectivity index (χ1) is 8.77. The summed E-state index contributed by atoms with van der Waals surface area (Å²) in [6, 6.07) is 2.07. The van der Waals surface area contributed by atoms with Crippen LogP contribution in [0.15, 0.2) is 12.3 Å². The molecule has 1 aliphatic rings. The number of aliphatic hydroxyl groups excluding tert-OH is 1. The largest absolute Gasteiger partial charge is 0.396 e. The van der Waals surface area contributed by atoms with E-state index in [2.05, 4.69) is 22.8 Å². The van der Waals surface area contributed by atoms with Gasteiger partial charge in [-0.15, -0.1) is 0 Å². The minimum atomic E-state index is -0.0136. The molecule has 4 heteroatoms. The van der Waals surface area contributed by atoms with E-state index >= 15 is 0 Å². The number of hydrogen-bond donors (Lipinski definition) is 2. The van der Waals surface area contributed by atoms with Crippen molar-refractivity contribution in [2.75, 3.05) is 13.2 Å². The lowest BCUT2D eigenvalue weighted by Gasteiger charge is -2.35. The van der Waals surface area contributed by atoms with E-state index in [0.29, 0.717) is 6.54 Å².